The molecular formula is C17H21N3O3S. The minimum absolute atomic E-state index is 0.146. The minimum Gasteiger partial charge on any atom is -0.497 e. The molecule has 0 radical (unpaired) electrons. The van der Waals surface area contributed by atoms with Crippen molar-refractivity contribution in [1.82, 2.24) is 10.6 Å². The van der Waals surface area contributed by atoms with Crippen LogP contribution in [0, 0.1) is 0 Å². The Balaban J connectivity index is 1.94. The van der Waals surface area contributed by atoms with Crippen molar-refractivity contribution in [2.45, 2.75) is 13.0 Å². The summed E-state index contributed by atoms with van der Waals surface area (Å²) in [4.78, 5) is 24.8. The van der Waals surface area contributed by atoms with Crippen molar-refractivity contribution in [1.29, 1.82) is 0 Å². The number of carbonyl (C=O) groups is 2. The van der Waals surface area contributed by atoms with Crippen LogP contribution in [0.1, 0.15) is 27.0 Å². The fourth-order valence-corrected chi connectivity index (χ4v) is 2.71. The maximum absolute atomic E-state index is 12.2. The molecule has 0 aliphatic carbocycles. The lowest BCUT2D eigenvalue weighted by molar-refractivity contribution is 0.0953. The Morgan fingerprint density at radius 1 is 1.12 bits per heavy atom. The Labute approximate surface area is 145 Å². The first-order valence-corrected chi connectivity index (χ1v) is 8.36. The van der Waals surface area contributed by atoms with Gasteiger partial charge in [-0.15, -0.1) is 11.3 Å². The molecule has 128 valence electrons. The van der Waals surface area contributed by atoms with Gasteiger partial charge in [0, 0.05) is 18.2 Å². The number of rotatable bonds is 7. The Kier molecular flexibility index (Phi) is 6.34. The number of thiophene rings is 1. The lowest BCUT2D eigenvalue weighted by atomic mass is 10.2. The van der Waals surface area contributed by atoms with E-state index in [1.165, 1.54) is 11.3 Å². The van der Waals surface area contributed by atoms with E-state index < -0.39 is 0 Å². The number of hydrogen-bond donors (Lipinski definition) is 3. The molecule has 2 rings (SSSR count). The van der Waals surface area contributed by atoms with Crippen LogP contribution in [0.3, 0.4) is 0 Å². The van der Waals surface area contributed by atoms with Gasteiger partial charge in [0.1, 0.15) is 5.75 Å². The summed E-state index contributed by atoms with van der Waals surface area (Å²) in [6, 6.07) is 10.5. The van der Waals surface area contributed by atoms with E-state index in [0.717, 1.165) is 0 Å². The molecule has 0 spiro atoms. The number of methoxy groups -OCH3 is 1. The average Bonchev–Trinajstić information content (AvgIpc) is 3.07. The van der Waals surface area contributed by atoms with Crippen LogP contribution in [-0.4, -0.2) is 38.6 Å². The van der Waals surface area contributed by atoms with Gasteiger partial charge in [0.25, 0.3) is 11.8 Å². The number of anilines is 1. The van der Waals surface area contributed by atoms with Gasteiger partial charge in [-0.3, -0.25) is 9.59 Å². The maximum Gasteiger partial charge on any atom is 0.261 e. The molecule has 0 saturated carbocycles. The molecule has 1 atom stereocenters. The second-order valence-corrected chi connectivity index (χ2v) is 6.33. The van der Waals surface area contributed by atoms with E-state index in [-0.39, 0.29) is 17.9 Å². The summed E-state index contributed by atoms with van der Waals surface area (Å²) in [5.41, 5.74) is 0.526. The molecule has 0 bridgehead atoms. The second-order valence-electron chi connectivity index (χ2n) is 5.25. The molecule has 0 aliphatic rings. The zero-order valence-electron chi connectivity index (χ0n) is 13.9. The molecule has 7 heteroatoms. The zero-order chi connectivity index (χ0) is 17.5. The van der Waals surface area contributed by atoms with E-state index in [2.05, 4.69) is 16.0 Å². The lowest BCUT2D eigenvalue weighted by Gasteiger charge is -2.10. The van der Waals surface area contributed by atoms with Crippen molar-refractivity contribution < 1.29 is 14.3 Å². The van der Waals surface area contributed by atoms with Gasteiger partial charge in [-0.25, -0.2) is 0 Å². The van der Waals surface area contributed by atoms with Gasteiger partial charge >= 0.3 is 0 Å². The molecule has 2 amide bonds. The minimum atomic E-state index is -0.227. The van der Waals surface area contributed by atoms with Crippen LogP contribution in [-0.2, 0) is 0 Å². The smallest absolute Gasteiger partial charge is 0.261 e. The highest BCUT2D eigenvalue weighted by atomic mass is 32.1. The fraction of sp³-hybridized carbons (Fsp3) is 0.294. The molecule has 1 aromatic carbocycles. The lowest BCUT2D eigenvalue weighted by Crippen LogP contribution is -2.36. The monoisotopic (exact) mass is 347 g/mol. The first-order chi connectivity index (χ1) is 11.5. The summed E-state index contributed by atoms with van der Waals surface area (Å²) in [5, 5.41) is 9.32. The highest BCUT2D eigenvalue weighted by molar-refractivity contribution is 7.18. The summed E-state index contributed by atoms with van der Waals surface area (Å²) in [5.74, 6) is 0.319. The third-order valence-corrected chi connectivity index (χ3v) is 4.48. The maximum atomic E-state index is 12.2. The molecular weight excluding hydrogens is 326 g/mol. The standard InChI is InChI=1S/C17H21N3O3S/c1-11(18-2)10-19-17(22)14-8-9-15(24-14)20-16(21)12-4-6-13(23-3)7-5-12/h4-9,11,18H,10H2,1-3H3,(H,19,22)(H,20,21). The predicted octanol–water partition coefficient (Wildman–Crippen LogP) is 2.35. The number of ether oxygens (including phenoxy) is 1. The van der Waals surface area contributed by atoms with Crippen LogP contribution in [0.15, 0.2) is 36.4 Å². The quantitative estimate of drug-likeness (QED) is 0.718. The molecule has 1 unspecified atom stereocenters. The number of amides is 2. The summed E-state index contributed by atoms with van der Waals surface area (Å²) >= 11 is 1.24. The molecule has 6 nitrogen and oxygen atoms in total. The van der Waals surface area contributed by atoms with Crippen molar-refractivity contribution in [3.8, 4) is 5.75 Å². The van der Waals surface area contributed by atoms with E-state index in [1.54, 1.807) is 43.5 Å². The van der Waals surface area contributed by atoms with E-state index in [4.69, 9.17) is 4.74 Å². The average molecular weight is 347 g/mol. The zero-order valence-corrected chi connectivity index (χ0v) is 14.7. The van der Waals surface area contributed by atoms with Crippen molar-refractivity contribution in [3.05, 3.63) is 46.8 Å². The van der Waals surface area contributed by atoms with Crippen LogP contribution < -0.4 is 20.7 Å². The normalized spacial score (nSPS) is 11.6. The Hall–Kier alpha value is -2.38. The molecule has 1 aromatic heterocycles. The highest BCUT2D eigenvalue weighted by Gasteiger charge is 2.12. The summed E-state index contributed by atoms with van der Waals surface area (Å²) in [6.07, 6.45) is 0. The number of nitrogens with one attached hydrogen (secondary N) is 3. The molecule has 0 fully saturated rings. The van der Waals surface area contributed by atoms with Gasteiger partial charge in [0.15, 0.2) is 0 Å². The van der Waals surface area contributed by atoms with Crippen molar-refractivity contribution in [3.63, 3.8) is 0 Å². The van der Waals surface area contributed by atoms with Crippen molar-refractivity contribution in [2.24, 2.45) is 0 Å². The Morgan fingerprint density at radius 2 is 1.83 bits per heavy atom. The third kappa shape index (κ3) is 4.81. The summed E-state index contributed by atoms with van der Waals surface area (Å²) in [6.45, 7) is 2.52. The van der Waals surface area contributed by atoms with Crippen LogP contribution >= 0.6 is 11.3 Å². The predicted molar refractivity (Wildman–Crippen MR) is 96.1 cm³/mol. The van der Waals surface area contributed by atoms with Crippen LogP contribution in [0.5, 0.6) is 5.75 Å². The van der Waals surface area contributed by atoms with Gasteiger partial charge < -0.3 is 20.7 Å². The van der Waals surface area contributed by atoms with Crippen molar-refractivity contribution in [2.75, 3.05) is 26.0 Å². The SMILES string of the molecule is CNC(C)CNC(=O)c1ccc(NC(=O)c2ccc(OC)cc2)s1. The molecule has 0 aliphatic heterocycles. The highest BCUT2D eigenvalue weighted by Crippen LogP contribution is 2.23. The van der Waals surface area contributed by atoms with E-state index >= 15 is 0 Å². The fourth-order valence-electron chi connectivity index (χ4n) is 1.89. The van der Waals surface area contributed by atoms with E-state index in [1.807, 2.05) is 14.0 Å². The number of carbonyl (C=O) groups excluding carboxylic acids is 2. The largest absolute Gasteiger partial charge is 0.497 e. The Morgan fingerprint density at radius 3 is 2.46 bits per heavy atom. The van der Waals surface area contributed by atoms with E-state index in [9.17, 15) is 9.59 Å². The third-order valence-electron chi connectivity index (χ3n) is 3.48. The number of benzene rings is 1. The van der Waals surface area contributed by atoms with Gasteiger partial charge in [0.2, 0.25) is 0 Å². The van der Waals surface area contributed by atoms with Crippen molar-refractivity contribution >= 4 is 28.2 Å². The summed E-state index contributed by atoms with van der Waals surface area (Å²) in [7, 11) is 3.42. The number of likely N-dealkylation sites (N-methyl/N-ethyl adjacent to an activating group) is 1. The van der Waals surface area contributed by atoms with Crippen LogP contribution in [0.25, 0.3) is 0 Å². The molecule has 1 heterocycles. The van der Waals surface area contributed by atoms with Gasteiger partial charge in [-0.2, -0.15) is 0 Å². The topological polar surface area (TPSA) is 79.5 Å². The molecule has 0 saturated heterocycles. The second kappa shape index (κ2) is 8.47. The van der Waals surface area contributed by atoms with Gasteiger partial charge in [0.05, 0.1) is 17.0 Å². The molecule has 24 heavy (non-hydrogen) atoms. The molecule has 2 aromatic rings. The van der Waals surface area contributed by atoms with Crippen LogP contribution in [0.4, 0.5) is 5.00 Å². The molecule has 3 N–H and O–H groups in total. The summed E-state index contributed by atoms with van der Waals surface area (Å²) < 4.78 is 5.07. The van der Waals surface area contributed by atoms with Gasteiger partial charge in [-0.1, -0.05) is 0 Å². The number of hydrogen-bond acceptors (Lipinski definition) is 5. The first kappa shape index (κ1) is 18.0. The Bertz CT molecular complexity index is 697. The van der Waals surface area contributed by atoms with Crippen LogP contribution in [0.2, 0.25) is 0 Å². The van der Waals surface area contributed by atoms with E-state index in [0.29, 0.717) is 27.7 Å². The van der Waals surface area contributed by atoms with Gasteiger partial charge in [-0.05, 0) is 50.4 Å². The first-order valence-electron chi connectivity index (χ1n) is 7.54.